The number of aliphatic hydroxyl groups excluding tert-OH is 1. The molecule has 102 valence electrons. The number of rotatable bonds is 6. The van der Waals surface area contributed by atoms with Crippen molar-refractivity contribution in [2.75, 3.05) is 12.9 Å². The van der Waals surface area contributed by atoms with Crippen molar-refractivity contribution >= 4 is 17.7 Å². The first kappa shape index (κ1) is 15.0. The van der Waals surface area contributed by atoms with Crippen molar-refractivity contribution in [2.45, 2.75) is 38.6 Å². The fourth-order valence-corrected chi connectivity index (χ4v) is 2.43. The number of amides is 1. The maximum absolute atomic E-state index is 11.9. The molecule has 0 aliphatic rings. The summed E-state index contributed by atoms with van der Waals surface area (Å²) < 4.78 is 1.68. The lowest BCUT2D eigenvalue weighted by molar-refractivity contribution is -0.122. The number of aromatic nitrogens is 2. The SMILES string of the molecule is CSC(CO)C(C)NC(=O)Cn1nc(C)cc1C. The fourth-order valence-electron chi connectivity index (χ4n) is 1.80. The number of aliphatic hydroxyl groups is 1. The Hall–Kier alpha value is -1.01. The minimum Gasteiger partial charge on any atom is -0.395 e. The highest BCUT2D eigenvalue weighted by atomic mass is 32.2. The van der Waals surface area contributed by atoms with Crippen LogP contribution in [0.25, 0.3) is 0 Å². The van der Waals surface area contributed by atoms with Crippen LogP contribution in [0, 0.1) is 13.8 Å². The van der Waals surface area contributed by atoms with Crippen LogP contribution in [-0.2, 0) is 11.3 Å². The molecule has 1 aromatic rings. The van der Waals surface area contributed by atoms with Crippen LogP contribution >= 0.6 is 11.8 Å². The Kier molecular flexibility index (Phi) is 5.68. The summed E-state index contributed by atoms with van der Waals surface area (Å²) >= 11 is 1.55. The van der Waals surface area contributed by atoms with Gasteiger partial charge in [-0.05, 0) is 33.1 Å². The molecule has 1 heterocycles. The number of carbonyl (C=O) groups is 1. The average molecular weight is 271 g/mol. The molecule has 0 radical (unpaired) electrons. The van der Waals surface area contributed by atoms with Gasteiger partial charge in [-0.3, -0.25) is 9.48 Å². The van der Waals surface area contributed by atoms with Gasteiger partial charge in [0.1, 0.15) is 6.54 Å². The first-order valence-electron chi connectivity index (χ1n) is 5.92. The van der Waals surface area contributed by atoms with Crippen LogP contribution in [0.15, 0.2) is 6.07 Å². The Morgan fingerprint density at radius 2 is 2.28 bits per heavy atom. The van der Waals surface area contributed by atoms with Crippen molar-refractivity contribution in [3.05, 3.63) is 17.5 Å². The molecule has 2 atom stereocenters. The molecule has 2 N–H and O–H groups in total. The normalized spacial score (nSPS) is 14.3. The molecule has 2 unspecified atom stereocenters. The number of aryl methyl sites for hydroxylation is 2. The fraction of sp³-hybridized carbons (Fsp3) is 0.667. The largest absolute Gasteiger partial charge is 0.395 e. The van der Waals surface area contributed by atoms with Crippen LogP contribution < -0.4 is 5.32 Å². The van der Waals surface area contributed by atoms with Gasteiger partial charge < -0.3 is 10.4 Å². The third-order valence-electron chi connectivity index (χ3n) is 2.83. The van der Waals surface area contributed by atoms with E-state index in [-0.39, 0.29) is 30.4 Å². The second kappa shape index (κ2) is 6.80. The summed E-state index contributed by atoms with van der Waals surface area (Å²) in [7, 11) is 0. The van der Waals surface area contributed by atoms with Crippen molar-refractivity contribution in [1.29, 1.82) is 0 Å². The van der Waals surface area contributed by atoms with Crippen molar-refractivity contribution in [3.63, 3.8) is 0 Å². The zero-order chi connectivity index (χ0) is 13.7. The predicted molar refractivity (Wildman–Crippen MR) is 73.7 cm³/mol. The molecular formula is C12H21N3O2S. The first-order chi connectivity index (χ1) is 8.47. The minimum absolute atomic E-state index is 0.0226. The van der Waals surface area contributed by atoms with E-state index >= 15 is 0 Å². The van der Waals surface area contributed by atoms with Crippen LogP contribution in [0.4, 0.5) is 0 Å². The maximum Gasteiger partial charge on any atom is 0.241 e. The Balaban J connectivity index is 2.54. The lowest BCUT2D eigenvalue weighted by atomic mass is 10.2. The van der Waals surface area contributed by atoms with E-state index in [0.29, 0.717) is 0 Å². The molecule has 18 heavy (non-hydrogen) atoms. The number of hydrogen-bond acceptors (Lipinski definition) is 4. The summed E-state index contributed by atoms with van der Waals surface area (Å²) in [4.78, 5) is 11.9. The molecule has 0 saturated heterocycles. The van der Waals surface area contributed by atoms with Gasteiger partial charge in [-0.2, -0.15) is 16.9 Å². The number of thioether (sulfide) groups is 1. The monoisotopic (exact) mass is 271 g/mol. The summed E-state index contributed by atoms with van der Waals surface area (Å²) in [5.41, 5.74) is 1.88. The Morgan fingerprint density at radius 1 is 1.61 bits per heavy atom. The Labute approximate surface area is 112 Å². The van der Waals surface area contributed by atoms with Gasteiger partial charge in [0.05, 0.1) is 12.3 Å². The number of hydrogen-bond donors (Lipinski definition) is 2. The molecule has 0 spiro atoms. The van der Waals surface area contributed by atoms with E-state index in [4.69, 9.17) is 5.11 Å². The molecule has 1 amide bonds. The van der Waals surface area contributed by atoms with Gasteiger partial charge >= 0.3 is 0 Å². The topological polar surface area (TPSA) is 67.2 Å². The first-order valence-corrected chi connectivity index (χ1v) is 7.20. The minimum atomic E-state index is -0.0822. The molecule has 1 aromatic heterocycles. The van der Waals surface area contributed by atoms with E-state index < -0.39 is 0 Å². The van der Waals surface area contributed by atoms with Crippen molar-refractivity contribution < 1.29 is 9.90 Å². The van der Waals surface area contributed by atoms with Gasteiger partial charge in [0.15, 0.2) is 0 Å². The highest BCUT2D eigenvalue weighted by molar-refractivity contribution is 7.99. The van der Waals surface area contributed by atoms with Crippen LogP contribution in [0.3, 0.4) is 0 Å². The zero-order valence-corrected chi connectivity index (χ0v) is 12.1. The van der Waals surface area contributed by atoms with E-state index in [9.17, 15) is 4.79 Å². The highest BCUT2D eigenvalue weighted by Crippen LogP contribution is 2.10. The summed E-state index contributed by atoms with van der Waals surface area (Å²) in [6, 6.07) is 1.88. The van der Waals surface area contributed by atoms with Gasteiger partial charge in [0.2, 0.25) is 5.91 Å². The highest BCUT2D eigenvalue weighted by Gasteiger charge is 2.17. The summed E-state index contributed by atoms with van der Waals surface area (Å²) in [5, 5.41) is 16.3. The van der Waals surface area contributed by atoms with Gasteiger partial charge in [0, 0.05) is 17.0 Å². The average Bonchev–Trinajstić information content (AvgIpc) is 2.58. The molecule has 0 aliphatic carbocycles. The van der Waals surface area contributed by atoms with Gasteiger partial charge in [-0.1, -0.05) is 0 Å². The summed E-state index contributed by atoms with van der Waals surface area (Å²) in [6.45, 7) is 6.00. The summed E-state index contributed by atoms with van der Waals surface area (Å²) in [6.07, 6.45) is 1.92. The molecule has 5 nitrogen and oxygen atoms in total. The van der Waals surface area contributed by atoms with Gasteiger partial charge in [0.25, 0.3) is 0 Å². The molecule has 6 heteroatoms. The van der Waals surface area contributed by atoms with E-state index in [1.54, 1.807) is 16.4 Å². The molecule has 0 saturated carbocycles. The van der Waals surface area contributed by atoms with Gasteiger partial charge in [-0.25, -0.2) is 0 Å². The van der Waals surface area contributed by atoms with Crippen molar-refractivity contribution in [1.82, 2.24) is 15.1 Å². The smallest absolute Gasteiger partial charge is 0.241 e. The van der Waals surface area contributed by atoms with Crippen molar-refractivity contribution in [2.24, 2.45) is 0 Å². The molecule has 1 rings (SSSR count). The third kappa shape index (κ3) is 4.03. The van der Waals surface area contributed by atoms with E-state index in [1.807, 2.05) is 33.1 Å². The van der Waals surface area contributed by atoms with E-state index in [1.165, 1.54) is 0 Å². The number of nitrogens with one attached hydrogen (secondary N) is 1. The molecule has 0 aliphatic heterocycles. The summed E-state index contributed by atoms with van der Waals surface area (Å²) in [5.74, 6) is -0.0822. The van der Waals surface area contributed by atoms with Crippen LogP contribution in [0.1, 0.15) is 18.3 Å². The zero-order valence-electron chi connectivity index (χ0n) is 11.3. The number of carbonyl (C=O) groups excluding carboxylic acids is 1. The molecule has 0 fully saturated rings. The lowest BCUT2D eigenvalue weighted by Gasteiger charge is -2.21. The Morgan fingerprint density at radius 3 is 2.72 bits per heavy atom. The van der Waals surface area contributed by atoms with E-state index in [0.717, 1.165) is 11.4 Å². The van der Waals surface area contributed by atoms with Gasteiger partial charge in [-0.15, -0.1) is 0 Å². The number of nitrogens with zero attached hydrogens (tertiary/aromatic N) is 2. The van der Waals surface area contributed by atoms with Crippen LogP contribution in [-0.4, -0.2) is 44.9 Å². The van der Waals surface area contributed by atoms with Crippen molar-refractivity contribution in [3.8, 4) is 0 Å². The quantitative estimate of drug-likeness (QED) is 0.800. The molecule has 0 bridgehead atoms. The van der Waals surface area contributed by atoms with E-state index in [2.05, 4.69) is 10.4 Å². The van der Waals surface area contributed by atoms with Crippen LogP contribution in [0.2, 0.25) is 0 Å². The second-order valence-electron chi connectivity index (χ2n) is 4.40. The standard InChI is InChI=1S/C12H21N3O2S/c1-8-5-9(2)15(14-8)6-12(17)13-10(3)11(7-16)18-4/h5,10-11,16H,6-7H2,1-4H3,(H,13,17). The van der Waals surface area contributed by atoms with Crippen LogP contribution in [0.5, 0.6) is 0 Å². The predicted octanol–water partition coefficient (Wildman–Crippen LogP) is 0.729. The third-order valence-corrected chi connectivity index (χ3v) is 3.99. The lowest BCUT2D eigenvalue weighted by Crippen LogP contribution is -2.42. The second-order valence-corrected chi connectivity index (χ2v) is 5.47. The maximum atomic E-state index is 11.9. The molecule has 0 aromatic carbocycles. The Bertz CT molecular complexity index is 402. The molecular weight excluding hydrogens is 250 g/mol.